The fraction of sp³-hybridized carbons (Fsp3) is 0.143. The molecule has 0 amide bonds. The highest BCUT2D eigenvalue weighted by Gasteiger charge is 2.15. The van der Waals surface area contributed by atoms with Crippen LogP contribution in [0.2, 0.25) is 10.0 Å². The first-order valence-corrected chi connectivity index (χ1v) is 6.77. The number of oxime groups is 1. The molecule has 2 rings (SSSR count). The van der Waals surface area contributed by atoms with Gasteiger partial charge in [-0.2, -0.15) is 0 Å². The smallest absolute Gasteiger partial charge is 0.175 e. The van der Waals surface area contributed by atoms with Gasteiger partial charge >= 0.3 is 0 Å². The molecule has 0 fully saturated rings. The van der Waals surface area contributed by atoms with Crippen molar-refractivity contribution in [3.05, 3.63) is 51.3 Å². The molecule has 0 radical (unpaired) electrons. The van der Waals surface area contributed by atoms with Crippen molar-refractivity contribution in [3.63, 3.8) is 0 Å². The maximum Gasteiger partial charge on any atom is 0.175 e. The number of halogens is 2. The number of aryl methyl sites for hydroxylation is 2. The van der Waals surface area contributed by atoms with E-state index in [1.165, 1.54) is 0 Å². The lowest BCUT2D eigenvalue weighted by Gasteiger charge is -2.13. The Kier molecular flexibility index (Phi) is 4.55. The van der Waals surface area contributed by atoms with Crippen molar-refractivity contribution in [2.24, 2.45) is 10.9 Å². The van der Waals surface area contributed by atoms with E-state index in [1.807, 2.05) is 6.92 Å². The Morgan fingerprint density at radius 2 is 1.95 bits per heavy atom. The van der Waals surface area contributed by atoms with Crippen LogP contribution in [0.15, 0.2) is 29.4 Å². The molecule has 2 aromatic rings. The summed E-state index contributed by atoms with van der Waals surface area (Å²) in [6.07, 6.45) is 0. The van der Waals surface area contributed by atoms with Gasteiger partial charge in [0.2, 0.25) is 0 Å². The molecule has 0 bridgehead atoms. The fourth-order valence-corrected chi connectivity index (χ4v) is 2.19. The SMILES string of the molecule is Cc1cc(Oc2ccc(Cl)c(Cl)c2)c(/C(N)=N/O)c(C)n1. The molecular weight excluding hydrogens is 313 g/mol. The Morgan fingerprint density at radius 1 is 1.24 bits per heavy atom. The first kappa shape index (κ1) is 15.4. The minimum absolute atomic E-state index is 0.0740. The van der Waals surface area contributed by atoms with Crippen LogP contribution >= 0.6 is 23.2 Å². The number of pyridine rings is 1. The molecule has 1 aromatic carbocycles. The van der Waals surface area contributed by atoms with Crippen LogP contribution in [-0.4, -0.2) is 16.0 Å². The second-order valence-electron chi connectivity index (χ2n) is 4.39. The molecule has 0 saturated heterocycles. The van der Waals surface area contributed by atoms with E-state index in [1.54, 1.807) is 31.2 Å². The standard InChI is InChI=1S/C14H13Cl2N3O2/c1-7-5-12(13(8(2)18-7)14(17)19-20)21-9-3-4-10(15)11(16)6-9/h3-6,20H,1-2H3,(H2,17,19). The van der Waals surface area contributed by atoms with Gasteiger partial charge in [0.05, 0.1) is 21.3 Å². The lowest BCUT2D eigenvalue weighted by Crippen LogP contribution is -2.17. The van der Waals surface area contributed by atoms with Crippen LogP contribution in [0.1, 0.15) is 17.0 Å². The average Bonchev–Trinajstić information content (AvgIpc) is 2.41. The molecular formula is C14H13Cl2N3O2. The van der Waals surface area contributed by atoms with E-state index in [0.29, 0.717) is 32.8 Å². The molecule has 1 aromatic heterocycles. The van der Waals surface area contributed by atoms with Crippen molar-refractivity contribution in [1.29, 1.82) is 0 Å². The highest BCUT2D eigenvalue weighted by atomic mass is 35.5. The first-order chi connectivity index (χ1) is 9.92. The minimum Gasteiger partial charge on any atom is -0.456 e. The summed E-state index contributed by atoms with van der Waals surface area (Å²) in [4.78, 5) is 4.28. The van der Waals surface area contributed by atoms with Crippen LogP contribution in [0.5, 0.6) is 11.5 Å². The summed E-state index contributed by atoms with van der Waals surface area (Å²) in [6.45, 7) is 3.58. The van der Waals surface area contributed by atoms with Gasteiger partial charge in [-0.3, -0.25) is 4.98 Å². The molecule has 0 aliphatic heterocycles. The third-order valence-electron chi connectivity index (χ3n) is 2.77. The van der Waals surface area contributed by atoms with Gasteiger partial charge in [-0.1, -0.05) is 28.4 Å². The summed E-state index contributed by atoms with van der Waals surface area (Å²) in [7, 11) is 0. The van der Waals surface area contributed by atoms with E-state index in [4.69, 9.17) is 38.9 Å². The van der Waals surface area contributed by atoms with Gasteiger partial charge in [0.25, 0.3) is 0 Å². The van der Waals surface area contributed by atoms with E-state index in [2.05, 4.69) is 10.1 Å². The van der Waals surface area contributed by atoms with Crippen molar-refractivity contribution < 1.29 is 9.94 Å². The molecule has 3 N–H and O–H groups in total. The topological polar surface area (TPSA) is 80.7 Å². The van der Waals surface area contributed by atoms with Gasteiger partial charge in [-0.15, -0.1) is 0 Å². The zero-order valence-corrected chi connectivity index (χ0v) is 12.9. The number of amidine groups is 1. The van der Waals surface area contributed by atoms with Crippen LogP contribution in [0, 0.1) is 13.8 Å². The second-order valence-corrected chi connectivity index (χ2v) is 5.20. The fourth-order valence-electron chi connectivity index (χ4n) is 1.90. The largest absolute Gasteiger partial charge is 0.456 e. The molecule has 0 aliphatic carbocycles. The van der Waals surface area contributed by atoms with Gasteiger partial charge < -0.3 is 15.7 Å². The number of benzene rings is 1. The number of hydrogen-bond donors (Lipinski definition) is 2. The first-order valence-electron chi connectivity index (χ1n) is 6.01. The molecule has 7 heteroatoms. The Bertz CT molecular complexity index is 718. The minimum atomic E-state index is -0.0740. The Balaban J connectivity index is 2.50. The van der Waals surface area contributed by atoms with Gasteiger partial charge in [0, 0.05) is 17.8 Å². The molecule has 0 aliphatic rings. The van der Waals surface area contributed by atoms with Crippen LogP contribution < -0.4 is 10.5 Å². The Labute approximate surface area is 132 Å². The highest BCUT2D eigenvalue weighted by Crippen LogP contribution is 2.32. The third-order valence-corrected chi connectivity index (χ3v) is 3.51. The summed E-state index contributed by atoms with van der Waals surface area (Å²) in [5.41, 5.74) is 7.46. The quantitative estimate of drug-likeness (QED) is 0.388. The lowest BCUT2D eigenvalue weighted by atomic mass is 10.1. The molecule has 0 atom stereocenters. The molecule has 0 spiro atoms. The number of nitrogens with two attached hydrogens (primary N) is 1. The molecule has 5 nitrogen and oxygen atoms in total. The normalized spacial score (nSPS) is 11.5. The number of nitrogens with zero attached hydrogens (tertiary/aromatic N) is 2. The summed E-state index contributed by atoms with van der Waals surface area (Å²) in [5, 5.41) is 12.7. The molecule has 21 heavy (non-hydrogen) atoms. The van der Waals surface area contributed by atoms with Crippen LogP contribution in [-0.2, 0) is 0 Å². The van der Waals surface area contributed by atoms with Crippen LogP contribution in [0.25, 0.3) is 0 Å². The van der Waals surface area contributed by atoms with E-state index < -0.39 is 0 Å². The van der Waals surface area contributed by atoms with Gasteiger partial charge in [-0.05, 0) is 26.0 Å². The zero-order valence-electron chi connectivity index (χ0n) is 11.4. The van der Waals surface area contributed by atoms with Crippen molar-refractivity contribution in [2.45, 2.75) is 13.8 Å². The summed E-state index contributed by atoms with van der Waals surface area (Å²) >= 11 is 11.8. The summed E-state index contributed by atoms with van der Waals surface area (Å²) in [6, 6.07) is 6.59. The van der Waals surface area contributed by atoms with Crippen molar-refractivity contribution in [2.75, 3.05) is 0 Å². The van der Waals surface area contributed by atoms with Gasteiger partial charge in [-0.25, -0.2) is 0 Å². The van der Waals surface area contributed by atoms with Crippen molar-refractivity contribution >= 4 is 29.0 Å². The monoisotopic (exact) mass is 325 g/mol. The third kappa shape index (κ3) is 3.37. The van der Waals surface area contributed by atoms with E-state index in [-0.39, 0.29) is 5.84 Å². The highest BCUT2D eigenvalue weighted by molar-refractivity contribution is 6.42. The lowest BCUT2D eigenvalue weighted by molar-refractivity contribution is 0.318. The number of aromatic nitrogens is 1. The van der Waals surface area contributed by atoms with Crippen molar-refractivity contribution in [3.8, 4) is 11.5 Å². The van der Waals surface area contributed by atoms with Crippen LogP contribution in [0.4, 0.5) is 0 Å². The van der Waals surface area contributed by atoms with E-state index in [9.17, 15) is 0 Å². The molecule has 0 saturated carbocycles. The van der Waals surface area contributed by atoms with Gasteiger partial charge in [0.15, 0.2) is 5.84 Å². The average molecular weight is 326 g/mol. The molecule has 0 unspecified atom stereocenters. The van der Waals surface area contributed by atoms with Crippen molar-refractivity contribution in [1.82, 2.24) is 4.98 Å². The predicted molar refractivity (Wildman–Crippen MR) is 82.8 cm³/mol. The van der Waals surface area contributed by atoms with E-state index >= 15 is 0 Å². The number of rotatable bonds is 3. The summed E-state index contributed by atoms with van der Waals surface area (Å²) < 4.78 is 5.77. The van der Waals surface area contributed by atoms with Crippen LogP contribution in [0.3, 0.4) is 0 Å². The van der Waals surface area contributed by atoms with Gasteiger partial charge in [0.1, 0.15) is 11.5 Å². The Hall–Kier alpha value is -1.98. The molecule has 110 valence electrons. The Morgan fingerprint density at radius 3 is 2.57 bits per heavy atom. The number of ether oxygens (including phenoxy) is 1. The zero-order chi connectivity index (χ0) is 15.6. The second kappa shape index (κ2) is 6.20. The summed E-state index contributed by atoms with van der Waals surface area (Å²) in [5.74, 6) is 0.838. The number of hydrogen-bond acceptors (Lipinski definition) is 4. The van der Waals surface area contributed by atoms with E-state index in [0.717, 1.165) is 5.69 Å². The maximum atomic E-state index is 8.89. The molecule has 1 heterocycles. The predicted octanol–water partition coefficient (Wildman–Crippen LogP) is 3.89. The maximum absolute atomic E-state index is 8.89.